The van der Waals surface area contributed by atoms with E-state index < -0.39 is 23.5 Å². The largest absolute Gasteiger partial charge is 0.490 e. The van der Waals surface area contributed by atoms with Crippen LogP contribution in [0.15, 0.2) is 42.5 Å². The average molecular weight is 325 g/mol. The minimum Gasteiger partial charge on any atom is -0.490 e. The molecule has 0 bridgehead atoms. The molecule has 23 heavy (non-hydrogen) atoms. The lowest BCUT2D eigenvalue weighted by molar-refractivity contribution is -0.137. The summed E-state index contributed by atoms with van der Waals surface area (Å²) in [6, 6.07) is 7.71. The van der Waals surface area contributed by atoms with Gasteiger partial charge in [-0.2, -0.15) is 13.2 Å². The number of hydrogen-bond acceptors (Lipinski definition) is 2. The lowest BCUT2D eigenvalue weighted by Gasteiger charge is -2.29. The third-order valence-electron chi connectivity index (χ3n) is 3.49. The van der Waals surface area contributed by atoms with Gasteiger partial charge >= 0.3 is 6.18 Å². The third kappa shape index (κ3) is 2.99. The summed E-state index contributed by atoms with van der Waals surface area (Å²) >= 11 is 0. The molecule has 0 atom stereocenters. The molecule has 3 nitrogen and oxygen atoms in total. The summed E-state index contributed by atoms with van der Waals surface area (Å²) in [7, 11) is 0. The SMILES string of the molecule is O=C(c1ccc(C(F)(F)F)cc1)N1CCOc2ccc(F)cc21. The van der Waals surface area contributed by atoms with Gasteiger partial charge in [0.25, 0.3) is 5.91 Å². The van der Waals surface area contributed by atoms with Gasteiger partial charge in [-0.1, -0.05) is 0 Å². The van der Waals surface area contributed by atoms with Crippen LogP contribution in [0.3, 0.4) is 0 Å². The van der Waals surface area contributed by atoms with Crippen molar-refractivity contribution in [2.75, 3.05) is 18.1 Å². The summed E-state index contributed by atoms with van der Waals surface area (Å²) in [6.07, 6.45) is -4.46. The van der Waals surface area contributed by atoms with E-state index in [2.05, 4.69) is 0 Å². The summed E-state index contributed by atoms with van der Waals surface area (Å²) < 4.78 is 56.4. The van der Waals surface area contributed by atoms with E-state index in [9.17, 15) is 22.4 Å². The van der Waals surface area contributed by atoms with Gasteiger partial charge in [-0.05, 0) is 36.4 Å². The minimum absolute atomic E-state index is 0.0927. The molecule has 0 N–H and O–H groups in total. The molecule has 1 heterocycles. The van der Waals surface area contributed by atoms with Crippen LogP contribution in [0.1, 0.15) is 15.9 Å². The quantitative estimate of drug-likeness (QED) is 0.745. The Bertz CT molecular complexity index is 741. The topological polar surface area (TPSA) is 29.5 Å². The van der Waals surface area contributed by atoms with Crippen LogP contribution in [0.2, 0.25) is 0 Å². The van der Waals surface area contributed by atoms with Crippen LogP contribution in [0, 0.1) is 5.82 Å². The Morgan fingerprint density at radius 2 is 1.78 bits per heavy atom. The van der Waals surface area contributed by atoms with E-state index in [1.807, 2.05) is 0 Å². The van der Waals surface area contributed by atoms with E-state index in [1.165, 1.54) is 17.0 Å². The Kier molecular flexibility index (Phi) is 3.71. The second kappa shape index (κ2) is 5.57. The first-order valence-electron chi connectivity index (χ1n) is 6.78. The Hall–Kier alpha value is -2.57. The number of ether oxygens (including phenoxy) is 1. The molecular weight excluding hydrogens is 314 g/mol. The summed E-state index contributed by atoms with van der Waals surface area (Å²) in [5.41, 5.74) is -0.473. The standard InChI is InChI=1S/C16H11F4NO2/c17-12-5-6-14-13(9-12)21(7-8-23-14)15(22)10-1-3-11(4-2-10)16(18,19)20/h1-6,9H,7-8H2. The molecule has 0 radical (unpaired) electrons. The molecule has 120 valence electrons. The number of carbonyl (C=O) groups excluding carboxylic acids is 1. The molecule has 0 saturated heterocycles. The third-order valence-corrected chi connectivity index (χ3v) is 3.49. The van der Waals surface area contributed by atoms with Crippen molar-refractivity contribution in [3.05, 3.63) is 59.4 Å². The minimum atomic E-state index is -4.46. The highest BCUT2D eigenvalue weighted by molar-refractivity contribution is 6.07. The van der Waals surface area contributed by atoms with E-state index in [0.717, 1.165) is 30.3 Å². The zero-order valence-corrected chi connectivity index (χ0v) is 11.7. The van der Waals surface area contributed by atoms with Crippen LogP contribution in [0.5, 0.6) is 5.75 Å². The van der Waals surface area contributed by atoms with Crippen LogP contribution in [-0.2, 0) is 6.18 Å². The van der Waals surface area contributed by atoms with Gasteiger partial charge in [-0.15, -0.1) is 0 Å². The molecule has 0 aliphatic carbocycles. The lowest BCUT2D eigenvalue weighted by atomic mass is 10.1. The number of rotatable bonds is 1. The van der Waals surface area contributed by atoms with Gasteiger partial charge in [-0.3, -0.25) is 4.79 Å². The van der Waals surface area contributed by atoms with Crippen molar-refractivity contribution in [3.8, 4) is 5.75 Å². The maximum absolute atomic E-state index is 13.4. The second-order valence-electron chi connectivity index (χ2n) is 4.99. The molecule has 0 spiro atoms. The number of halogens is 4. The Morgan fingerprint density at radius 1 is 1.09 bits per heavy atom. The van der Waals surface area contributed by atoms with Gasteiger partial charge in [0.15, 0.2) is 0 Å². The Balaban J connectivity index is 1.91. The number of anilines is 1. The number of carbonyl (C=O) groups is 1. The fraction of sp³-hybridized carbons (Fsp3) is 0.188. The zero-order valence-electron chi connectivity index (χ0n) is 11.7. The molecule has 2 aromatic rings. The van der Waals surface area contributed by atoms with Crippen molar-refractivity contribution in [2.45, 2.75) is 6.18 Å². The van der Waals surface area contributed by atoms with E-state index in [1.54, 1.807) is 0 Å². The second-order valence-corrected chi connectivity index (χ2v) is 4.99. The summed E-state index contributed by atoms with van der Waals surface area (Å²) in [4.78, 5) is 13.8. The molecule has 7 heteroatoms. The highest BCUT2D eigenvalue weighted by atomic mass is 19.4. The Labute approximate surface area is 129 Å². The van der Waals surface area contributed by atoms with Gasteiger partial charge in [0, 0.05) is 11.6 Å². The van der Waals surface area contributed by atoms with Gasteiger partial charge in [0.1, 0.15) is 18.2 Å². The average Bonchev–Trinajstić information content (AvgIpc) is 2.53. The van der Waals surface area contributed by atoms with Crippen LogP contribution < -0.4 is 9.64 Å². The van der Waals surface area contributed by atoms with E-state index in [0.29, 0.717) is 5.75 Å². The van der Waals surface area contributed by atoms with Gasteiger partial charge in [-0.25, -0.2) is 4.39 Å². The molecule has 1 aliphatic rings. The maximum Gasteiger partial charge on any atom is 0.416 e. The lowest BCUT2D eigenvalue weighted by Crippen LogP contribution is -2.38. The molecule has 0 aromatic heterocycles. The van der Waals surface area contributed by atoms with Crippen molar-refractivity contribution < 1.29 is 27.1 Å². The number of amides is 1. The molecule has 0 unspecified atom stereocenters. The van der Waals surface area contributed by atoms with Gasteiger partial charge in [0.2, 0.25) is 0 Å². The van der Waals surface area contributed by atoms with E-state index >= 15 is 0 Å². The first-order valence-corrected chi connectivity index (χ1v) is 6.78. The normalized spacial score (nSPS) is 14.2. The smallest absolute Gasteiger partial charge is 0.416 e. The molecule has 0 saturated carbocycles. The van der Waals surface area contributed by atoms with Crippen molar-refractivity contribution in [2.24, 2.45) is 0 Å². The summed E-state index contributed by atoms with van der Waals surface area (Å²) in [6.45, 7) is 0.418. The maximum atomic E-state index is 13.4. The van der Waals surface area contributed by atoms with Crippen molar-refractivity contribution in [1.82, 2.24) is 0 Å². The van der Waals surface area contributed by atoms with Crippen LogP contribution >= 0.6 is 0 Å². The van der Waals surface area contributed by atoms with Crippen molar-refractivity contribution >= 4 is 11.6 Å². The summed E-state index contributed by atoms with van der Waals surface area (Å²) in [5, 5.41) is 0. The zero-order chi connectivity index (χ0) is 16.6. The molecular formula is C16H11F4NO2. The van der Waals surface area contributed by atoms with Crippen molar-refractivity contribution in [3.63, 3.8) is 0 Å². The fourth-order valence-corrected chi connectivity index (χ4v) is 2.36. The first-order chi connectivity index (χ1) is 10.9. The molecule has 3 rings (SSSR count). The molecule has 1 amide bonds. The van der Waals surface area contributed by atoms with Crippen LogP contribution in [-0.4, -0.2) is 19.1 Å². The van der Waals surface area contributed by atoms with E-state index in [4.69, 9.17) is 4.74 Å². The number of nitrogens with zero attached hydrogens (tertiary/aromatic N) is 1. The first kappa shape index (κ1) is 15.3. The van der Waals surface area contributed by atoms with Crippen LogP contribution in [0.4, 0.5) is 23.2 Å². The highest BCUT2D eigenvalue weighted by Gasteiger charge is 2.31. The molecule has 0 fully saturated rings. The molecule has 1 aliphatic heterocycles. The molecule has 2 aromatic carbocycles. The van der Waals surface area contributed by atoms with Gasteiger partial charge in [0.05, 0.1) is 17.8 Å². The van der Waals surface area contributed by atoms with Gasteiger partial charge < -0.3 is 9.64 Å². The predicted octanol–water partition coefficient (Wildman–Crippen LogP) is 3.88. The Morgan fingerprint density at radius 3 is 2.43 bits per heavy atom. The number of hydrogen-bond donors (Lipinski definition) is 0. The van der Waals surface area contributed by atoms with E-state index in [-0.39, 0.29) is 24.4 Å². The number of benzene rings is 2. The predicted molar refractivity (Wildman–Crippen MR) is 75.0 cm³/mol. The fourth-order valence-electron chi connectivity index (χ4n) is 2.36. The number of fused-ring (bicyclic) bond motifs is 1. The monoisotopic (exact) mass is 325 g/mol. The van der Waals surface area contributed by atoms with Crippen LogP contribution in [0.25, 0.3) is 0 Å². The highest BCUT2D eigenvalue weighted by Crippen LogP contribution is 2.34. The van der Waals surface area contributed by atoms with Crippen molar-refractivity contribution in [1.29, 1.82) is 0 Å². The number of alkyl halides is 3. The summed E-state index contributed by atoms with van der Waals surface area (Å²) in [5.74, 6) is -0.675.